The number of benzene rings is 8. The summed E-state index contributed by atoms with van der Waals surface area (Å²) in [6.07, 6.45) is 0. The van der Waals surface area contributed by atoms with Gasteiger partial charge in [-0.2, -0.15) is 0 Å². The van der Waals surface area contributed by atoms with E-state index in [9.17, 15) is 0 Å². The summed E-state index contributed by atoms with van der Waals surface area (Å²) in [6.45, 7) is 0. The van der Waals surface area contributed by atoms with Crippen LogP contribution in [0.5, 0.6) is 0 Å². The van der Waals surface area contributed by atoms with Gasteiger partial charge in [-0.25, -0.2) is 0 Å². The maximum absolute atomic E-state index is 6.55. The Hall–Kier alpha value is -5.92. The number of hydrogen-bond acceptors (Lipinski definition) is 1. The molecule has 0 aliphatic heterocycles. The van der Waals surface area contributed by atoms with Crippen molar-refractivity contribution in [2.45, 2.75) is 0 Å². The van der Waals surface area contributed by atoms with Crippen LogP contribution in [-0.2, 0) is 0 Å². The molecule has 0 radical (unpaired) electrons. The van der Waals surface area contributed by atoms with Crippen LogP contribution in [0.3, 0.4) is 0 Å². The molecule has 0 amide bonds. The van der Waals surface area contributed by atoms with Crippen molar-refractivity contribution in [2.75, 3.05) is 0 Å². The lowest BCUT2D eigenvalue weighted by Gasteiger charge is -2.19. The van der Waals surface area contributed by atoms with Gasteiger partial charge in [0.25, 0.3) is 0 Å². The standard InChI is InChI=1S/C44H28O/c1-3-14-29(15-4-1)31-18-13-19-32(26-31)42-34-20-7-9-22-36(34)43(37-23-10-8-21-35(37)42)39-27-33(30-16-5-2-6-17-30)28-41-44(39)38-24-11-12-25-40(38)45-41/h1-28H. The van der Waals surface area contributed by atoms with Crippen LogP contribution < -0.4 is 0 Å². The van der Waals surface area contributed by atoms with Gasteiger partial charge in [0.2, 0.25) is 0 Å². The highest BCUT2D eigenvalue weighted by atomic mass is 16.3. The van der Waals surface area contributed by atoms with Crippen LogP contribution in [0.4, 0.5) is 0 Å². The Labute approximate surface area is 261 Å². The van der Waals surface area contributed by atoms with Gasteiger partial charge in [-0.3, -0.25) is 0 Å². The molecule has 0 saturated heterocycles. The predicted molar refractivity (Wildman–Crippen MR) is 190 cm³/mol. The SMILES string of the molecule is c1ccc(-c2cccc(-c3c4ccccc4c(-c4cc(-c5ccccc5)cc5oc6ccccc6c45)c4ccccc34)c2)cc1. The first kappa shape index (κ1) is 25.6. The lowest BCUT2D eigenvalue weighted by molar-refractivity contribution is 0.669. The van der Waals surface area contributed by atoms with Crippen molar-refractivity contribution in [3.63, 3.8) is 0 Å². The number of rotatable bonds is 4. The van der Waals surface area contributed by atoms with E-state index in [1.807, 2.05) is 6.07 Å². The van der Waals surface area contributed by atoms with Crippen molar-refractivity contribution in [3.05, 3.63) is 170 Å². The molecule has 9 rings (SSSR count). The fourth-order valence-electron chi connectivity index (χ4n) is 7.06. The summed E-state index contributed by atoms with van der Waals surface area (Å²) in [5.74, 6) is 0. The zero-order valence-corrected chi connectivity index (χ0v) is 24.6. The van der Waals surface area contributed by atoms with E-state index in [-0.39, 0.29) is 0 Å². The Kier molecular flexibility index (Phi) is 5.89. The van der Waals surface area contributed by atoms with Crippen LogP contribution in [0.25, 0.3) is 88.0 Å². The maximum atomic E-state index is 6.55. The molecule has 0 fully saturated rings. The summed E-state index contributed by atoms with van der Waals surface area (Å²) in [7, 11) is 0. The van der Waals surface area contributed by atoms with Crippen molar-refractivity contribution in [1.82, 2.24) is 0 Å². The summed E-state index contributed by atoms with van der Waals surface area (Å²) in [5.41, 5.74) is 11.5. The van der Waals surface area contributed by atoms with Gasteiger partial charge in [0.1, 0.15) is 11.2 Å². The molecule has 1 heterocycles. The highest BCUT2D eigenvalue weighted by Crippen LogP contribution is 2.48. The van der Waals surface area contributed by atoms with E-state index < -0.39 is 0 Å². The molecule has 0 atom stereocenters. The highest BCUT2D eigenvalue weighted by Gasteiger charge is 2.21. The Morgan fingerprint density at radius 2 is 0.778 bits per heavy atom. The van der Waals surface area contributed by atoms with E-state index in [1.165, 1.54) is 60.5 Å². The summed E-state index contributed by atoms with van der Waals surface area (Å²) in [4.78, 5) is 0. The number of fused-ring (bicyclic) bond motifs is 5. The quantitative estimate of drug-likeness (QED) is 0.191. The smallest absolute Gasteiger partial charge is 0.136 e. The largest absolute Gasteiger partial charge is 0.456 e. The van der Waals surface area contributed by atoms with Gasteiger partial charge in [-0.15, -0.1) is 0 Å². The minimum Gasteiger partial charge on any atom is -0.456 e. The van der Waals surface area contributed by atoms with Crippen LogP contribution >= 0.6 is 0 Å². The fraction of sp³-hybridized carbons (Fsp3) is 0. The summed E-state index contributed by atoms with van der Waals surface area (Å²) < 4.78 is 6.55. The lowest BCUT2D eigenvalue weighted by atomic mass is 9.83. The molecular weight excluding hydrogens is 544 g/mol. The third-order valence-corrected chi connectivity index (χ3v) is 9.04. The first-order valence-electron chi connectivity index (χ1n) is 15.4. The second kappa shape index (κ2) is 10.4. The van der Waals surface area contributed by atoms with Gasteiger partial charge in [0, 0.05) is 10.8 Å². The third kappa shape index (κ3) is 4.17. The topological polar surface area (TPSA) is 13.1 Å². The molecule has 0 saturated carbocycles. The molecular formula is C44H28O. The second-order valence-corrected chi connectivity index (χ2v) is 11.6. The zero-order valence-electron chi connectivity index (χ0n) is 24.6. The van der Waals surface area contributed by atoms with Crippen LogP contribution in [0.1, 0.15) is 0 Å². The number of hydrogen-bond donors (Lipinski definition) is 0. The summed E-state index contributed by atoms with van der Waals surface area (Å²) >= 11 is 0. The average Bonchev–Trinajstić information content (AvgIpc) is 3.50. The van der Waals surface area contributed by atoms with Gasteiger partial charge in [0.15, 0.2) is 0 Å². The van der Waals surface area contributed by atoms with E-state index in [2.05, 4.69) is 164 Å². The van der Waals surface area contributed by atoms with Crippen LogP contribution in [0.2, 0.25) is 0 Å². The van der Waals surface area contributed by atoms with Gasteiger partial charge in [0.05, 0.1) is 0 Å². The van der Waals surface area contributed by atoms with Crippen molar-refractivity contribution >= 4 is 43.5 Å². The Morgan fingerprint density at radius 3 is 1.42 bits per heavy atom. The van der Waals surface area contributed by atoms with Crippen LogP contribution in [0.15, 0.2) is 174 Å². The molecule has 1 aromatic heterocycles. The van der Waals surface area contributed by atoms with Crippen molar-refractivity contribution < 1.29 is 4.42 Å². The minimum atomic E-state index is 0.903. The van der Waals surface area contributed by atoms with E-state index in [4.69, 9.17) is 4.42 Å². The fourth-order valence-corrected chi connectivity index (χ4v) is 7.06. The number of furan rings is 1. The molecule has 1 nitrogen and oxygen atoms in total. The zero-order chi connectivity index (χ0) is 29.7. The van der Waals surface area contributed by atoms with Gasteiger partial charge < -0.3 is 4.42 Å². The van der Waals surface area contributed by atoms with E-state index >= 15 is 0 Å². The first-order valence-corrected chi connectivity index (χ1v) is 15.4. The maximum Gasteiger partial charge on any atom is 0.136 e. The second-order valence-electron chi connectivity index (χ2n) is 11.6. The molecule has 210 valence electrons. The van der Waals surface area contributed by atoms with Gasteiger partial charge in [-0.1, -0.05) is 146 Å². The molecule has 0 N–H and O–H groups in total. The molecule has 1 heteroatoms. The van der Waals surface area contributed by atoms with Crippen LogP contribution in [0, 0.1) is 0 Å². The van der Waals surface area contributed by atoms with Crippen molar-refractivity contribution in [1.29, 1.82) is 0 Å². The molecule has 0 bridgehead atoms. The Balaban J connectivity index is 1.41. The lowest BCUT2D eigenvalue weighted by Crippen LogP contribution is -1.92. The number of para-hydroxylation sites is 1. The van der Waals surface area contributed by atoms with E-state index in [1.54, 1.807) is 0 Å². The third-order valence-electron chi connectivity index (χ3n) is 9.04. The highest BCUT2D eigenvalue weighted by molar-refractivity contribution is 6.26. The van der Waals surface area contributed by atoms with Crippen LogP contribution in [-0.4, -0.2) is 0 Å². The molecule has 0 unspecified atom stereocenters. The summed E-state index contributed by atoms with van der Waals surface area (Å²) in [5, 5.41) is 7.22. The molecule has 0 spiro atoms. The van der Waals surface area contributed by atoms with Gasteiger partial charge >= 0.3 is 0 Å². The molecule has 9 aromatic rings. The molecule has 8 aromatic carbocycles. The monoisotopic (exact) mass is 572 g/mol. The van der Waals surface area contributed by atoms with Crippen molar-refractivity contribution in [3.8, 4) is 44.5 Å². The molecule has 0 aliphatic rings. The summed E-state index contributed by atoms with van der Waals surface area (Å²) in [6, 6.07) is 60.9. The Bertz CT molecular complexity index is 2460. The Morgan fingerprint density at radius 1 is 0.289 bits per heavy atom. The molecule has 0 aliphatic carbocycles. The van der Waals surface area contributed by atoms with E-state index in [0.717, 1.165) is 27.5 Å². The average molecular weight is 573 g/mol. The first-order chi connectivity index (χ1) is 22.3. The normalized spacial score (nSPS) is 11.6. The predicted octanol–water partition coefficient (Wildman–Crippen LogP) is 12.6. The minimum absolute atomic E-state index is 0.903. The van der Waals surface area contributed by atoms with E-state index in [0.29, 0.717) is 0 Å². The van der Waals surface area contributed by atoms with Gasteiger partial charge in [-0.05, 0) is 90.3 Å². The molecule has 45 heavy (non-hydrogen) atoms. The van der Waals surface area contributed by atoms with Crippen molar-refractivity contribution in [2.24, 2.45) is 0 Å².